The lowest BCUT2D eigenvalue weighted by Gasteiger charge is -2.18. The summed E-state index contributed by atoms with van der Waals surface area (Å²) in [6.45, 7) is 2.48. The van der Waals surface area contributed by atoms with Crippen molar-refractivity contribution in [2.45, 2.75) is 24.7 Å². The van der Waals surface area contributed by atoms with Crippen LogP contribution in [-0.2, 0) is 10.0 Å². The van der Waals surface area contributed by atoms with E-state index in [1.54, 1.807) is 7.05 Å². The molecular weight excluding hydrogens is 386 g/mol. The molecule has 0 aliphatic rings. The summed E-state index contributed by atoms with van der Waals surface area (Å²) in [6.07, 6.45) is 1.69. The quantitative estimate of drug-likeness (QED) is 0.393. The lowest BCUT2D eigenvalue weighted by molar-refractivity contribution is -0.385. The topological polar surface area (TPSA) is 130 Å². The zero-order chi connectivity index (χ0) is 20.9. The van der Waals surface area contributed by atoms with Gasteiger partial charge in [-0.2, -0.15) is 0 Å². The van der Waals surface area contributed by atoms with E-state index in [-0.39, 0.29) is 27.6 Å². The molecule has 150 valence electrons. The third-order valence-corrected chi connectivity index (χ3v) is 5.39. The van der Waals surface area contributed by atoms with Crippen molar-refractivity contribution in [1.82, 2.24) is 4.90 Å². The van der Waals surface area contributed by atoms with Gasteiger partial charge in [0.15, 0.2) is 0 Å². The van der Waals surface area contributed by atoms with Gasteiger partial charge in [-0.3, -0.25) is 19.6 Å². The van der Waals surface area contributed by atoms with Crippen molar-refractivity contribution in [1.29, 1.82) is 0 Å². The summed E-state index contributed by atoms with van der Waals surface area (Å²) in [5.41, 5.74) is -0.351. The van der Waals surface area contributed by atoms with Crippen LogP contribution >= 0.6 is 0 Å². The number of benzene rings is 2. The van der Waals surface area contributed by atoms with Crippen molar-refractivity contribution in [3.05, 3.63) is 58.1 Å². The summed E-state index contributed by atoms with van der Waals surface area (Å²) in [7, 11) is -2.53. The number of carbonyl (C=O) groups excluding carboxylic acids is 1. The molecule has 2 aromatic rings. The van der Waals surface area contributed by atoms with Crippen LogP contribution in [-0.4, -0.2) is 42.8 Å². The molecule has 0 spiro atoms. The first-order chi connectivity index (χ1) is 13.2. The van der Waals surface area contributed by atoms with E-state index in [2.05, 4.69) is 4.72 Å². The average Bonchev–Trinajstić information content (AvgIpc) is 2.66. The molecular formula is C18H21N3O6S. The number of rotatable bonds is 8. The van der Waals surface area contributed by atoms with Crippen LogP contribution in [0, 0.1) is 10.1 Å². The first kappa shape index (κ1) is 21.2. The number of nitro benzene ring substituents is 1. The van der Waals surface area contributed by atoms with Crippen LogP contribution in [0.4, 0.5) is 11.4 Å². The van der Waals surface area contributed by atoms with Gasteiger partial charge in [-0.15, -0.1) is 0 Å². The Morgan fingerprint density at radius 2 is 1.96 bits per heavy atom. The molecule has 0 saturated carbocycles. The van der Waals surface area contributed by atoms with Gasteiger partial charge in [0.05, 0.1) is 15.4 Å². The Morgan fingerprint density at radius 1 is 1.25 bits per heavy atom. The standard InChI is InChI=1S/C18H21N3O6S/c1-3-4-10-20(2)18(23)16-11-13(8-9-17(16)22)19-28(26,27)15-7-5-6-14(12-15)21(24)25/h5-9,11-12,19,22H,3-4,10H2,1-2H3. The molecule has 0 heterocycles. The van der Waals surface area contributed by atoms with Crippen molar-refractivity contribution in [2.75, 3.05) is 18.3 Å². The largest absolute Gasteiger partial charge is 0.507 e. The molecule has 28 heavy (non-hydrogen) atoms. The highest BCUT2D eigenvalue weighted by molar-refractivity contribution is 7.92. The minimum Gasteiger partial charge on any atom is -0.507 e. The highest BCUT2D eigenvalue weighted by Gasteiger charge is 2.20. The second-order valence-electron chi connectivity index (χ2n) is 6.17. The van der Waals surface area contributed by atoms with E-state index in [0.29, 0.717) is 6.54 Å². The van der Waals surface area contributed by atoms with Crippen molar-refractivity contribution in [3.63, 3.8) is 0 Å². The van der Waals surface area contributed by atoms with Gasteiger partial charge in [-0.1, -0.05) is 19.4 Å². The maximum Gasteiger partial charge on any atom is 0.270 e. The van der Waals surface area contributed by atoms with E-state index in [9.17, 15) is 28.4 Å². The van der Waals surface area contributed by atoms with Crippen molar-refractivity contribution in [3.8, 4) is 5.75 Å². The van der Waals surface area contributed by atoms with Gasteiger partial charge >= 0.3 is 0 Å². The lowest BCUT2D eigenvalue weighted by Crippen LogP contribution is -2.27. The second-order valence-corrected chi connectivity index (χ2v) is 7.85. The number of nitrogens with zero attached hydrogens (tertiary/aromatic N) is 2. The van der Waals surface area contributed by atoms with Gasteiger partial charge in [-0.25, -0.2) is 8.42 Å². The Kier molecular flexibility index (Phi) is 6.57. The number of amides is 1. The van der Waals surface area contributed by atoms with Crippen LogP contribution in [0.5, 0.6) is 5.75 Å². The number of carbonyl (C=O) groups is 1. The number of hydrogen-bond acceptors (Lipinski definition) is 6. The van der Waals surface area contributed by atoms with Crippen LogP contribution in [0.1, 0.15) is 30.1 Å². The van der Waals surface area contributed by atoms with Gasteiger partial charge in [-0.05, 0) is 30.7 Å². The van der Waals surface area contributed by atoms with E-state index in [0.717, 1.165) is 18.9 Å². The van der Waals surface area contributed by atoms with Crippen molar-refractivity contribution >= 4 is 27.3 Å². The number of phenolic OH excluding ortho intramolecular Hbond substituents is 1. The molecule has 0 unspecified atom stereocenters. The lowest BCUT2D eigenvalue weighted by atomic mass is 10.1. The van der Waals surface area contributed by atoms with Crippen LogP contribution < -0.4 is 4.72 Å². The molecule has 0 aliphatic heterocycles. The highest BCUT2D eigenvalue weighted by Crippen LogP contribution is 2.26. The number of hydrogen-bond donors (Lipinski definition) is 2. The van der Waals surface area contributed by atoms with Crippen LogP contribution in [0.15, 0.2) is 47.4 Å². The van der Waals surface area contributed by atoms with Crippen LogP contribution in [0.2, 0.25) is 0 Å². The SMILES string of the molecule is CCCCN(C)C(=O)c1cc(NS(=O)(=O)c2cccc([N+](=O)[O-])c2)ccc1O. The Labute approximate surface area is 162 Å². The number of unbranched alkanes of at least 4 members (excludes halogenated alkanes) is 1. The number of phenols is 1. The summed E-state index contributed by atoms with van der Waals surface area (Å²) < 4.78 is 27.3. The first-order valence-electron chi connectivity index (χ1n) is 8.51. The Hall–Kier alpha value is -3.14. The smallest absolute Gasteiger partial charge is 0.270 e. The molecule has 10 heteroatoms. The number of nitrogens with one attached hydrogen (secondary N) is 1. The monoisotopic (exact) mass is 407 g/mol. The molecule has 2 rings (SSSR count). The molecule has 2 N–H and O–H groups in total. The van der Waals surface area contributed by atoms with Crippen LogP contribution in [0.25, 0.3) is 0 Å². The molecule has 0 saturated heterocycles. The number of anilines is 1. The maximum atomic E-state index is 12.5. The molecule has 0 atom stereocenters. The minimum atomic E-state index is -4.12. The minimum absolute atomic E-state index is 0.0437. The molecule has 0 aromatic heterocycles. The third kappa shape index (κ3) is 4.97. The van der Waals surface area contributed by atoms with E-state index < -0.39 is 20.9 Å². The summed E-state index contributed by atoms with van der Waals surface area (Å²) in [5, 5.41) is 20.8. The van der Waals surface area contributed by atoms with E-state index >= 15 is 0 Å². The van der Waals surface area contributed by atoms with E-state index in [1.165, 1.54) is 41.3 Å². The fourth-order valence-electron chi connectivity index (χ4n) is 2.45. The predicted octanol–water partition coefficient (Wildman–Crippen LogP) is 2.97. The zero-order valence-corrected chi connectivity index (χ0v) is 16.3. The molecule has 1 amide bonds. The fraction of sp³-hybridized carbons (Fsp3) is 0.278. The molecule has 2 aromatic carbocycles. The molecule has 0 bridgehead atoms. The number of aromatic hydroxyl groups is 1. The van der Waals surface area contributed by atoms with Gasteiger partial charge in [0.25, 0.3) is 21.6 Å². The van der Waals surface area contributed by atoms with Crippen LogP contribution in [0.3, 0.4) is 0 Å². The third-order valence-electron chi connectivity index (χ3n) is 4.01. The number of sulfonamides is 1. The van der Waals surface area contributed by atoms with Crippen molar-refractivity contribution < 1.29 is 23.2 Å². The summed E-state index contributed by atoms with van der Waals surface area (Å²) >= 11 is 0. The zero-order valence-electron chi connectivity index (χ0n) is 15.5. The molecule has 0 radical (unpaired) electrons. The predicted molar refractivity (Wildman–Crippen MR) is 104 cm³/mol. The summed E-state index contributed by atoms with van der Waals surface area (Å²) in [5.74, 6) is -0.714. The highest BCUT2D eigenvalue weighted by atomic mass is 32.2. The summed E-state index contributed by atoms with van der Waals surface area (Å²) in [4.78, 5) is 23.8. The average molecular weight is 407 g/mol. The molecule has 9 nitrogen and oxygen atoms in total. The molecule has 0 aliphatic carbocycles. The maximum absolute atomic E-state index is 12.5. The molecule has 0 fully saturated rings. The first-order valence-corrected chi connectivity index (χ1v) is 9.99. The number of non-ortho nitro benzene ring substituents is 1. The van der Waals surface area contributed by atoms with E-state index in [4.69, 9.17) is 0 Å². The fourth-order valence-corrected chi connectivity index (χ4v) is 3.54. The van der Waals surface area contributed by atoms with E-state index in [1.807, 2.05) is 6.92 Å². The Balaban J connectivity index is 2.30. The van der Waals surface area contributed by atoms with Gasteiger partial charge in [0.1, 0.15) is 5.75 Å². The van der Waals surface area contributed by atoms with Crippen molar-refractivity contribution in [2.24, 2.45) is 0 Å². The normalized spacial score (nSPS) is 11.1. The van der Waals surface area contributed by atoms with Gasteiger partial charge < -0.3 is 10.0 Å². The second kappa shape index (κ2) is 8.70. The Bertz CT molecular complexity index is 991. The Morgan fingerprint density at radius 3 is 2.61 bits per heavy atom. The number of nitro groups is 1. The van der Waals surface area contributed by atoms with Gasteiger partial charge in [0.2, 0.25) is 0 Å². The van der Waals surface area contributed by atoms with Gasteiger partial charge in [0, 0.05) is 31.4 Å². The summed E-state index contributed by atoms with van der Waals surface area (Å²) in [6, 6.07) is 8.35.